The lowest BCUT2D eigenvalue weighted by atomic mass is 9.98. The van der Waals surface area contributed by atoms with Gasteiger partial charge in [0, 0.05) is 30.8 Å². The first-order valence-corrected chi connectivity index (χ1v) is 14.0. The van der Waals surface area contributed by atoms with Gasteiger partial charge in [-0.25, -0.2) is 8.42 Å². The molecule has 2 aliphatic rings. The maximum Gasteiger partial charge on any atom is 0.251 e. The maximum absolute atomic E-state index is 13.0. The molecule has 192 valence electrons. The van der Waals surface area contributed by atoms with Crippen LogP contribution in [-0.2, 0) is 25.8 Å². The van der Waals surface area contributed by atoms with Crippen molar-refractivity contribution in [1.29, 1.82) is 0 Å². The van der Waals surface area contributed by atoms with Crippen molar-refractivity contribution in [1.82, 2.24) is 15.5 Å². The minimum absolute atomic E-state index is 0.00864. The number of sulfone groups is 1. The molecule has 1 fully saturated rings. The number of fused-ring (bicyclic) bond motifs is 5. The number of aromatic hydroxyl groups is 1. The fourth-order valence-electron chi connectivity index (χ4n) is 4.62. The van der Waals surface area contributed by atoms with E-state index in [4.69, 9.17) is 0 Å². The summed E-state index contributed by atoms with van der Waals surface area (Å²) >= 11 is 0. The Morgan fingerprint density at radius 2 is 1.81 bits per heavy atom. The first kappa shape index (κ1) is 25.7. The SMILES string of the molecule is O=C1CN(C(=O)C2CCS(=O)(=O)C2)CCCCNC(=O)c2cccc(c2)-c2cc(ccc2O)CCN1. The number of carbonyl (C=O) groups is 3. The molecule has 3 N–H and O–H groups in total. The number of hydrogen-bond donors (Lipinski definition) is 3. The highest BCUT2D eigenvalue weighted by Crippen LogP contribution is 2.31. The van der Waals surface area contributed by atoms with E-state index in [1.165, 1.54) is 4.90 Å². The number of benzene rings is 2. The monoisotopic (exact) mass is 513 g/mol. The van der Waals surface area contributed by atoms with Crippen LogP contribution in [0.4, 0.5) is 0 Å². The molecule has 0 spiro atoms. The van der Waals surface area contributed by atoms with Crippen LogP contribution in [0.1, 0.15) is 35.2 Å². The summed E-state index contributed by atoms with van der Waals surface area (Å²) in [5, 5.41) is 16.1. The van der Waals surface area contributed by atoms with Gasteiger partial charge < -0.3 is 20.6 Å². The minimum Gasteiger partial charge on any atom is -0.507 e. The zero-order valence-corrected chi connectivity index (χ0v) is 20.9. The molecule has 1 unspecified atom stereocenters. The van der Waals surface area contributed by atoms with Gasteiger partial charge in [-0.15, -0.1) is 0 Å². The molecule has 4 rings (SSSR count). The molecular formula is C26H31N3O6S. The Kier molecular flexibility index (Phi) is 7.93. The quantitative estimate of drug-likeness (QED) is 0.529. The molecule has 2 aromatic carbocycles. The van der Waals surface area contributed by atoms with Gasteiger partial charge in [0.25, 0.3) is 5.91 Å². The smallest absolute Gasteiger partial charge is 0.251 e. The first-order valence-electron chi connectivity index (χ1n) is 12.2. The van der Waals surface area contributed by atoms with Gasteiger partial charge in [-0.05, 0) is 61.1 Å². The zero-order chi connectivity index (χ0) is 25.7. The third-order valence-electron chi connectivity index (χ3n) is 6.60. The lowest BCUT2D eigenvalue weighted by molar-refractivity contribution is -0.138. The maximum atomic E-state index is 13.0. The van der Waals surface area contributed by atoms with Crippen LogP contribution < -0.4 is 10.6 Å². The van der Waals surface area contributed by atoms with E-state index in [0.29, 0.717) is 50.0 Å². The molecule has 2 heterocycles. The number of amides is 3. The molecule has 10 heteroatoms. The molecule has 36 heavy (non-hydrogen) atoms. The van der Waals surface area contributed by atoms with Crippen molar-refractivity contribution >= 4 is 27.6 Å². The van der Waals surface area contributed by atoms with Crippen molar-refractivity contribution in [3.63, 3.8) is 0 Å². The molecule has 2 aliphatic heterocycles. The molecule has 0 saturated carbocycles. The third-order valence-corrected chi connectivity index (χ3v) is 8.37. The zero-order valence-electron chi connectivity index (χ0n) is 20.0. The van der Waals surface area contributed by atoms with E-state index in [1.54, 1.807) is 30.3 Å². The van der Waals surface area contributed by atoms with E-state index in [0.717, 1.165) is 11.1 Å². The molecule has 2 aromatic rings. The molecule has 0 aliphatic carbocycles. The second-order valence-corrected chi connectivity index (χ2v) is 11.6. The number of carbonyl (C=O) groups excluding carboxylic acids is 3. The summed E-state index contributed by atoms with van der Waals surface area (Å²) in [6.07, 6.45) is 1.92. The standard InChI is InChI=1S/C26H31N3O6S/c30-23-7-6-18-8-11-27-24(31)16-29(26(33)21-9-13-36(34,35)17-21)12-2-1-10-28-25(32)20-5-3-4-19(15-20)22(23)14-18/h3-7,14-15,21,30H,1-2,8-13,16-17H2,(H,27,31)(H,28,32). The van der Waals surface area contributed by atoms with Crippen LogP contribution in [0.25, 0.3) is 11.1 Å². The van der Waals surface area contributed by atoms with Gasteiger partial charge in [-0.1, -0.05) is 18.2 Å². The predicted molar refractivity (Wildman–Crippen MR) is 135 cm³/mol. The summed E-state index contributed by atoms with van der Waals surface area (Å²) < 4.78 is 23.7. The van der Waals surface area contributed by atoms with E-state index in [9.17, 15) is 27.9 Å². The molecule has 1 saturated heterocycles. The Bertz CT molecular complexity index is 1260. The summed E-state index contributed by atoms with van der Waals surface area (Å²) in [4.78, 5) is 39.8. The van der Waals surface area contributed by atoms with Gasteiger partial charge >= 0.3 is 0 Å². The molecule has 0 aromatic heterocycles. The van der Waals surface area contributed by atoms with E-state index in [-0.39, 0.29) is 47.9 Å². The van der Waals surface area contributed by atoms with Gasteiger partial charge in [0.05, 0.1) is 24.0 Å². The minimum atomic E-state index is -3.23. The van der Waals surface area contributed by atoms with Crippen molar-refractivity contribution in [2.24, 2.45) is 5.92 Å². The van der Waals surface area contributed by atoms with Gasteiger partial charge in [0.1, 0.15) is 5.75 Å². The fourth-order valence-corrected chi connectivity index (χ4v) is 6.35. The van der Waals surface area contributed by atoms with Crippen LogP contribution in [0.2, 0.25) is 0 Å². The Balaban J connectivity index is 1.53. The van der Waals surface area contributed by atoms with Gasteiger partial charge in [-0.2, -0.15) is 0 Å². The third kappa shape index (κ3) is 6.42. The van der Waals surface area contributed by atoms with Gasteiger partial charge in [-0.3, -0.25) is 14.4 Å². The van der Waals surface area contributed by atoms with Crippen molar-refractivity contribution in [3.05, 3.63) is 53.6 Å². The van der Waals surface area contributed by atoms with Gasteiger partial charge in [0.2, 0.25) is 11.8 Å². The van der Waals surface area contributed by atoms with Crippen LogP contribution in [0.3, 0.4) is 0 Å². The van der Waals surface area contributed by atoms with Crippen molar-refractivity contribution in [3.8, 4) is 16.9 Å². The Labute approximate surface area is 210 Å². The van der Waals surface area contributed by atoms with E-state index in [1.807, 2.05) is 12.1 Å². The number of nitrogens with zero attached hydrogens (tertiary/aromatic N) is 1. The van der Waals surface area contributed by atoms with Crippen LogP contribution in [-0.4, -0.2) is 73.8 Å². The second kappa shape index (κ2) is 11.1. The van der Waals surface area contributed by atoms with Crippen LogP contribution >= 0.6 is 0 Å². The van der Waals surface area contributed by atoms with Gasteiger partial charge in [0.15, 0.2) is 9.84 Å². The second-order valence-electron chi connectivity index (χ2n) is 9.36. The largest absolute Gasteiger partial charge is 0.507 e. The number of rotatable bonds is 1. The van der Waals surface area contributed by atoms with Crippen LogP contribution in [0.5, 0.6) is 5.75 Å². The Morgan fingerprint density at radius 1 is 1.00 bits per heavy atom. The highest BCUT2D eigenvalue weighted by atomic mass is 32.2. The topological polar surface area (TPSA) is 133 Å². The number of hydrogen-bond acceptors (Lipinski definition) is 6. The molecule has 1 atom stereocenters. The summed E-state index contributed by atoms with van der Waals surface area (Å²) in [6, 6.07) is 12.2. The number of nitrogens with one attached hydrogen (secondary N) is 2. The highest BCUT2D eigenvalue weighted by Gasteiger charge is 2.35. The average Bonchev–Trinajstić information content (AvgIpc) is 3.22. The lowest BCUT2D eigenvalue weighted by Gasteiger charge is -2.25. The van der Waals surface area contributed by atoms with Crippen molar-refractivity contribution in [2.45, 2.75) is 25.7 Å². The number of phenols is 1. The van der Waals surface area contributed by atoms with E-state index < -0.39 is 15.8 Å². The molecule has 0 radical (unpaired) electrons. The van der Waals surface area contributed by atoms with Crippen LogP contribution in [0.15, 0.2) is 42.5 Å². The average molecular weight is 514 g/mol. The first-order chi connectivity index (χ1) is 17.2. The predicted octanol–water partition coefficient (Wildman–Crippen LogP) is 1.50. The highest BCUT2D eigenvalue weighted by molar-refractivity contribution is 7.91. The summed E-state index contributed by atoms with van der Waals surface area (Å²) in [5.41, 5.74) is 2.68. The summed E-state index contributed by atoms with van der Waals surface area (Å²) in [7, 11) is -3.23. The Morgan fingerprint density at radius 3 is 2.58 bits per heavy atom. The number of phenolic OH excluding ortho intramolecular Hbond substituents is 1. The van der Waals surface area contributed by atoms with Crippen LogP contribution in [0, 0.1) is 5.92 Å². The molecule has 9 nitrogen and oxygen atoms in total. The lowest BCUT2D eigenvalue weighted by Crippen LogP contribution is -2.44. The van der Waals surface area contributed by atoms with Crippen molar-refractivity contribution in [2.75, 3.05) is 37.7 Å². The van der Waals surface area contributed by atoms with E-state index >= 15 is 0 Å². The molecule has 3 amide bonds. The summed E-state index contributed by atoms with van der Waals surface area (Å²) in [6.45, 7) is 0.879. The fraction of sp³-hybridized carbons (Fsp3) is 0.423. The summed E-state index contributed by atoms with van der Waals surface area (Å²) in [5.74, 6) is -1.58. The Hall–Kier alpha value is -3.40. The normalized spacial score (nSPS) is 21.1. The van der Waals surface area contributed by atoms with E-state index in [2.05, 4.69) is 10.6 Å². The molecule has 4 bridgehead atoms. The molecular weight excluding hydrogens is 482 g/mol. The van der Waals surface area contributed by atoms with Crippen molar-refractivity contribution < 1.29 is 27.9 Å².